The van der Waals surface area contributed by atoms with Crippen molar-refractivity contribution >= 4 is 33.4 Å². The maximum absolute atomic E-state index is 12.7. The van der Waals surface area contributed by atoms with Crippen LogP contribution >= 0.6 is 11.3 Å². The van der Waals surface area contributed by atoms with E-state index in [2.05, 4.69) is 47.1 Å². The summed E-state index contributed by atoms with van der Waals surface area (Å²) in [5, 5.41) is 7.65. The van der Waals surface area contributed by atoms with E-state index in [4.69, 9.17) is 0 Å². The molecule has 0 aliphatic carbocycles. The Morgan fingerprint density at radius 1 is 1.23 bits per heavy atom. The molecule has 4 aromatic rings. The molecule has 162 valence electrons. The molecule has 0 bridgehead atoms. The molecule has 0 spiro atoms. The average Bonchev–Trinajstić information content (AvgIpc) is 3.58. The lowest BCUT2D eigenvalue weighted by Crippen LogP contribution is -2.48. The van der Waals surface area contributed by atoms with Gasteiger partial charge in [-0.3, -0.25) is 9.58 Å². The molecular weight excluding hydrogens is 430 g/mol. The van der Waals surface area contributed by atoms with E-state index >= 15 is 0 Å². The first-order valence-corrected chi connectivity index (χ1v) is 12.5. The fraction of sp³-hybridized carbons (Fsp3) is 0.381. The van der Waals surface area contributed by atoms with Crippen molar-refractivity contribution in [2.45, 2.75) is 23.6 Å². The van der Waals surface area contributed by atoms with Crippen molar-refractivity contribution in [2.75, 3.05) is 32.7 Å². The maximum atomic E-state index is 12.7. The second-order valence-electron chi connectivity index (χ2n) is 7.64. The number of piperazine rings is 1. The van der Waals surface area contributed by atoms with E-state index in [0.29, 0.717) is 0 Å². The second-order valence-corrected chi connectivity index (χ2v) is 10.3. The molecule has 5 rings (SSSR count). The third-order valence-electron chi connectivity index (χ3n) is 5.78. The van der Waals surface area contributed by atoms with Gasteiger partial charge in [-0.2, -0.15) is 5.10 Å². The lowest BCUT2D eigenvalue weighted by molar-refractivity contribution is 0.163. The number of hydrogen-bond acceptors (Lipinski definition) is 6. The van der Waals surface area contributed by atoms with Crippen LogP contribution in [0.5, 0.6) is 0 Å². The molecular formula is C21H25N7OS2. The summed E-state index contributed by atoms with van der Waals surface area (Å²) in [6.45, 7) is 6.59. The lowest BCUT2D eigenvalue weighted by Gasteiger charge is -2.35. The van der Waals surface area contributed by atoms with Gasteiger partial charge in [0.15, 0.2) is 0 Å². The van der Waals surface area contributed by atoms with Gasteiger partial charge >= 0.3 is 0 Å². The van der Waals surface area contributed by atoms with Crippen molar-refractivity contribution in [2.24, 2.45) is 0 Å². The van der Waals surface area contributed by atoms with Crippen LogP contribution in [0, 0.1) is 0 Å². The van der Waals surface area contributed by atoms with Gasteiger partial charge in [0.1, 0.15) is 27.2 Å². The number of H-pyrrole nitrogens is 1. The van der Waals surface area contributed by atoms with Crippen LogP contribution in [0.25, 0.3) is 22.3 Å². The maximum Gasteiger partial charge on any atom is 0.141 e. The van der Waals surface area contributed by atoms with Crippen LogP contribution in [0.3, 0.4) is 0 Å². The molecule has 0 saturated carbocycles. The van der Waals surface area contributed by atoms with Gasteiger partial charge in [-0.25, -0.2) is 18.5 Å². The predicted molar refractivity (Wildman–Crippen MR) is 123 cm³/mol. The largest absolute Gasteiger partial charge is 0.346 e. The number of hydrogen-bond donors (Lipinski definition) is 1. The van der Waals surface area contributed by atoms with Gasteiger partial charge in [0.25, 0.3) is 0 Å². The molecule has 1 fully saturated rings. The smallest absolute Gasteiger partial charge is 0.141 e. The van der Waals surface area contributed by atoms with Crippen LogP contribution < -0.4 is 0 Å². The molecule has 1 aliphatic heterocycles. The fourth-order valence-electron chi connectivity index (χ4n) is 4.03. The van der Waals surface area contributed by atoms with Crippen LogP contribution in [0.2, 0.25) is 0 Å². The van der Waals surface area contributed by atoms with Gasteiger partial charge in [0.05, 0.1) is 17.9 Å². The van der Waals surface area contributed by atoms with Crippen LogP contribution in [-0.4, -0.2) is 70.9 Å². The van der Waals surface area contributed by atoms with Gasteiger partial charge < -0.3 is 4.98 Å². The van der Waals surface area contributed by atoms with Crippen LogP contribution in [-0.2, 0) is 11.0 Å². The van der Waals surface area contributed by atoms with Crippen molar-refractivity contribution in [1.29, 1.82) is 0 Å². The molecule has 31 heavy (non-hydrogen) atoms. The van der Waals surface area contributed by atoms with Gasteiger partial charge in [0.2, 0.25) is 0 Å². The van der Waals surface area contributed by atoms with Gasteiger partial charge in [0, 0.05) is 56.1 Å². The summed E-state index contributed by atoms with van der Waals surface area (Å²) in [5.41, 5.74) is 2.74. The topological polar surface area (TPSA) is 82.9 Å². The highest BCUT2D eigenvalue weighted by atomic mass is 32.2. The Kier molecular flexibility index (Phi) is 5.95. The standard InChI is InChI=1S/C21H25N7OS2/c1-2-17(14-26-7-9-27(10-8-26)31(29)19-4-3-11-30-19)28-13-16(12-25-28)20-18-5-6-22-21(18)24-15-23-20/h3-6,11-13,15,17H,2,7-10,14H2,1H3,(H,22,23,24). The van der Waals surface area contributed by atoms with E-state index < -0.39 is 11.0 Å². The van der Waals surface area contributed by atoms with E-state index in [1.807, 2.05) is 36.0 Å². The van der Waals surface area contributed by atoms with Gasteiger partial charge in [-0.15, -0.1) is 11.3 Å². The minimum atomic E-state index is -1.04. The molecule has 8 nitrogen and oxygen atoms in total. The Morgan fingerprint density at radius 3 is 2.87 bits per heavy atom. The Balaban J connectivity index is 1.24. The molecule has 0 radical (unpaired) electrons. The van der Waals surface area contributed by atoms with Gasteiger partial charge in [-0.05, 0) is 23.9 Å². The Bertz CT molecular complexity index is 1160. The summed E-state index contributed by atoms with van der Waals surface area (Å²) in [6.07, 6.45) is 8.44. The minimum Gasteiger partial charge on any atom is -0.346 e. The molecule has 1 N–H and O–H groups in total. The molecule has 1 saturated heterocycles. The number of nitrogens with one attached hydrogen (secondary N) is 1. The molecule has 4 aromatic heterocycles. The Morgan fingerprint density at radius 2 is 2.10 bits per heavy atom. The SMILES string of the molecule is CCC(CN1CCN(S(=O)c2cccs2)CC1)n1cc(-c2ncnc3[nH]ccc23)cn1. The number of rotatable bonds is 7. The first-order valence-electron chi connectivity index (χ1n) is 10.5. The first kappa shape index (κ1) is 20.5. The predicted octanol–water partition coefficient (Wildman–Crippen LogP) is 3.17. The third kappa shape index (κ3) is 4.20. The second kappa shape index (κ2) is 8.99. The zero-order chi connectivity index (χ0) is 21.2. The average molecular weight is 456 g/mol. The quantitative estimate of drug-likeness (QED) is 0.463. The van der Waals surface area contributed by atoms with Crippen molar-refractivity contribution in [3.05, 3.63) is 48.5 Å². The van der Waals surface area contributed by atoms with E-state index in [0.717, 1.165) is 65.6 Å². The summed E-state index contributed by atoms with van der Waals surface area (Å²) in [5.74, 6) is 0. The van der Waals surface area contributed by atoms with Crippen molar-refractivity contribution < 1.29 is 4.21 Å². The van der Waals surface area contributed by atoms with Crippen molar-refractivity contribution in [3.63, 3.8) is 0 Å². The summed E-state index contributed by atoms with van der Waals surface area (Å²) in [4.78, 5) is 14.3. The summed E-state index contributed by atoms with van der Waals surface area (Å²) < 4.78 is 17.8. The summed E-state index contributed by atoms with van der Waals surface area (Å²) in [7, 11) is -1.04. The molecule has 5 heterocycles. The zero-order valence-corrected chi connectivity index (χ0v) is 19.0. The molecule has 0 amide bonds. The number of aromatic nitrogens is 5. The first-order chi connectivity index (χ1) is 15.2. The van der Waals surface area contributed by atoms with Crippen LogP contribution in [0.4, 0.5) is 0 Å². The van der Waals surface area contributed by atoms with Crippen LogP contribution in [0.1, 0.15) is 19.4 Å². The highest BCUT2D eigenvalue weighted by molar-refractivity contribution is 7.85. The number of aromatic amines is 1. The number of nitrogens with zero attached hydrogens (tertiary/aromatic N) is 6. The zero-order valence-electron chi connectivity index (χ0n) is 17.3. The monoisotopic (exact) mass is 455 g/mol. The highest BCUT2D eigenvalue weighted by Gasteiger charge is 2.25. The van der Waals surface area contributed by atoms with E-state index in [1.54, 1.807) is 17.7 Å². The molecule has 2 unspecified atom stereocenters. The highest BCUT2D eigenvalue weighted by Crippen LogP contribution is 2.26. The molecule has 10 heteroatoms. The van der Waals surface area contributed by atoms with Crippen LogP contribution in [0.15, 0.2) is 52.7 Å². The van der Waals surface area contributed by atoms with Crippen molar-refractivity contribution in [1.82, 2.24) is 33.9 Å². The van der Waals surface area contributed by atoms with E-state index in [9.17, 15) is 4.21 Å². The number of fused-ring (bicyclic) bond motifs is 1. The normalized spacial score (nSPS) is 17.8. The molecule has 0 aromatic carbocycles. The van der Waals surface area contributed by atoms with Gasteiger partial charge in [-0.1, -0.05) is 13.0 Å². The van der Waals surface area contributed by atoms with Crippen molar-refractivity contribution in [3.8, 4) is 11.3 Å². The summed E-state index contributed by atoms with van der Waals surface area (Å²) in [6, 6.07) is 6.19. The van der Waals surface area contributed by atoms with E-state index in [-0.39, 0.29) is 6.04 Å². The minimum absolute atomic E-state index is 0.284. The molecule has 2 atom stereocenters. The lowest BCUT2D eigenvalue weighted by atomic mass is 10.1. The Labute approximate surface area is 187 Å². The fourth-order valence-corrected chi connectivity index (χ4v) is 6.23. The van der Waals surface area contributed by atoms with E-state index in [1.165, 1.54) is 0 Å². The Hall–Kier alpha value is -2.40. The number of thiophene rings is 1. The summed E-state index contributed by atoms with van der Waals surface area (Å²) >= 11 is 1.56. The third-order valence-corrected chi connectivity index (χ3v) is 8.47. The molecule has 1 aliphatic rings.